The largest absolute Gasteiger partial charge is 2.00 e. The number of rotatable bonds is 2. The van der Waals surface area contributed by atoms with Crippen molar-refractivity contribution < 1.29 is 19.5 Å². The fraction of sp³-hybridized carbons (Fsp3) is 0.143. The molecule has 0 fully saturated rings. The van der Waals surface area contributed by atoms with Crippen molar-refractivity contribution in [2.75, 3.05) is 0 Å². The van der Waals surface area contributed by atoms with E-state index in [9.17, 15) is 0 Å². The Kier molecular flexibility index (Phi) is 7.33. The molecule has 0 saturated heterocycles. The van der Waals surface area contributed by atoms with Gasteiger partial charge in [0.25, 0.3) is 0 Å². The molecule has 5 aromatic rings. The number of hydrogen-bond donors (Lipinski definition) is 0. The second-order valence-corrected chi connectivity index (χ2v) is 12.5. The van der Waals surface area contributed by atoms with E-state index in [0.29, 0.717) is 0 Å². The van der Waals surface area contributed by atoms with E-state index < -0.39 is 0 Å². The first kappa shape index (κ1) is 27.8. The van der Waals surface area contributed by atoms with Crippen molar-refractivity contribution >= 4 is 56.8 Å². The monoisotopic (exact) mass is 694 g/mol. The van der Waals surface area contributed by atoms with E-state index in [0.717, 1.165) is 73.5 Å². The van der Waals surface area contributed by atoms with Crippen LogP contribution in [-0.4, -0.2) is 9.97 Å². The molecule has 0 unspecified atom stereocenters. The van der Waals surface area contributed by atoms with Crippen LogP contribution in [0, 0.1) is 10.5 Å². The minimum atomic E-state index is -0.0926. The average Bonchev–Trinajstić information content (AvgIpc) is 3.70. The molecular weight excluding hydrogens is 669 g/mol. The van der Waals surface area contributed by atoms with Crippen molar-refractivity contribution in [2.24, 2.45) is 0 Å². The van der Waals surface area contributed by atoms with Gasteiger partial charge in [-0.25, -0.2) is 4.98 Å². The van der Waals surface area contributed by atoms with Gasteiger partial charge in [0, 0.05) is 26.8 Å². The van der Waals surface area contributed by atoms with Gasteiger partial charge in [-0.2, -0.15) is 0 Å². The number of benzene rings is 2. The van der Waals surface area contributed by atoms with Crippen molar-refractivity contribution in [3.63, 3.8) is 0 Å². The van der Waals surface area contributed by atoms with Gasteiger partial charge in [0.05, 0.1) is 11.4 Å². The summed E-state index contributed by atoms with van der Waals surface area (Å²) in [5.74, 6) is 0. The van der Waals surface area contributed by atoms with Crippen LogP contribution in [0.3, 0.4) is 0 Å². The smallest absolute Gasteiger partial charge is 0.657 e. The molecule has 3 aromatic heterocycles. The zero-order valence-corrected chi connectivity index (χ0v) is 28.4. The Balaban J connectivity index is 0.00000302. The summed E-state index contributed by atoms with van der Waals surface area (Å²) in [5.41, 5.74) is 13.0. The predicted molar refractivity (Wildman–Crippen MR) is 173 cm³/mol. The maximum atomic E-state index is 5.08. The molecule has 0 amide bonds. The van der Waals surface area contributed by atoms with E-state index in [2.05, 4.69) is 140 Å². The summed E-state index contributed by atoms with van der Waals surface area (Å²) in [7, 11) is 0. The van der Waals surface area contributed by atoms with E-state index in [-0.39, 0.29) is 24.9 Å². The van der Waals surface area contributed by atoms with E-state index >= 15 is 0 Å². The molecule has 2 aromatic carbocycles. The molecule has 7 rings (SSSR count). The predicted octanol–water partition coefficient (Wildman–Crippen LogP) is 8.51. The summed E-state index contributed by atoms with van der Waals surface area (Å²) in [5, 5.41) is 0. The van der Waals surface area contributed by atoms with Crippen molar-refractivity contribution in [1.82, 2.24) is 19.9 Å². The molecule has 4 nitrogen and oxygen atoms in total. The summed E-state index contributed by atoms with van der Waals surface area (Å²) in [6.07, 6.45) is 5.01. The standard InChI is InChI=1S/C35H27IN4.Zn/c1-21-4-6-23(7-5-21)34-30-14-12-25(37-30)18-32-29(22-8-10-24(36)11-9-22)17-27(39-32)16-28-20-35(2,3)33(40-28)19-26-13-15-31(34)38-26;/h4-19H,20H2,1-3H3;/q-2;+2. The molecule has 0 atom stereocenters. The van der Waals surface area contributed by atoms with E-state index in [1.807, 2.05) is 0 Å². The molecule has 41 heavy (non-hydrogen) atoms. The van der Waals surface area contributed by atoms with E-state index in [1.165, 1.54) is 9.13 Å². The third-order valence-corrected chi connectivity index (χ3v) is 8.33. The third-order valence-electron chi connectivity index (χ3n) is 7.61. The van der Waals surface area contributed by atoms with Crippen LogP contribution in [0.25, 0.3) is 56.5 Å². The van der Waals surface area contributed by atoms with Crippen LogP contribution in [0.4, 0.5) is 0 Å². The summed E-state index contributed by atoms with van der Waals surface area (Å²) < 4.78 is 1.20. The molecule has 0 spiro atoms. The molecule has 2 aliphatic rings. The van der Waals surface area contributed by atoms with Crippen molar-refractivity contribution in [3.05, 3.63) is 117 Å². The summed E-state index contributed by atoms with van der Waals surface area (Å²) in [4.78, 5) is 20.3. The third kappa shape index (κ3) is 5.48. The molecule has 5 heterocycles. The van der Waals surface area contributed by atoms with Crippen LogP contribution < -0.4 is 9.97 Å². The Bertz CT molecular complexity index is 1960. The van der Waals surface area contributed by atoms with Crippen LogP contribution in [0.15, 0.2) is 84.9 Å². The van der Waals surface area contributed by atoms with Gasteiger partial charge in [-0.05, 0) is 76.1 Å². The first-order valence-electron chi connectivity index (χ1n) is 13.5. The Morgan fingerprint density at radius 3 is 2.24 bits per heavy atom. The van der Waals surface area contributed by atoms with Crippen molar-refractivity contribution in [1.29, 1.82) is 0 Å². The number of fused-ring (bicyclic) bond motifs is 8. The van der Waals surface area contributed by atoms with Gasteiger partial charge in [-0.15, -0.1) is 22.1 Å². The normalized spacial score (nSPS) is 13.7. The number of aromatic nitrogens is 4. The van der Waals surface area contributed by atoms with Crippen molar-refractivity contribution in [3.8, 4) is 22.3 Å². The first-order chi connectivity index (χ1) is 19.3. The van der Waals surface area contributed by atoms with Gasteiger partial charge in [0.1, 0.15) is 0 Å². The van der Waals surface area contributed by atoms with Crippen LogP contribution in [0.2, 0.25) is 0 Å². The van der Waals surface area contributed by atoms with Crippen LogP contribution >= 0.6 is 22.6 Å². The Labute approximate surface area is 266 Å². The summed E-state index contributed by atoms with van der Waals surface area (Å²) >= 11 is 2.34. The van der Waals surface area contributed by atoms with Gasteiger partial charge in [0.15, 0.2) is 0 Å². The number of hydrogen-bond acceptors (Lipinski definition) is 2. The molecule has 6 heteroatoms. The van der Waals surface area contributed by atoms with Crippen LogP contribution in [0.1, 0.15) is 42.2 Å². The van der Waals surface area contributed by atoms with Crippen LogP contribution in [0.5, 0.6) is 0 Å². The zero-order valence-electron chi connectivity index (χ0n) is 23.3. The molecule has 2 aliphatic heterocycles. The SMILES string of the molecule is Cc1ccc(-c2c3nc(cc4[n-]c(cc5nc(cc6ccc2[n-]6)C(C)(C)C5)cc4-c2ccc(I)cc2)C=C3)cc1.[Zn+2]. The number of halogens is 1. The molecule has 0 radical (unpaired) electrons. The molecule has 0 saturated carbocycles. The first-order valence-corrected chi connectivity index (χ1v) is 14.5. The van der Waals surface area contributed by atoms with E-state index in [4.69, 9.17) is 19.9 Å². The zero-order chi connectivity index (χ0) is 27.4. The molecular formula is C35H27IN4Zn. The Morgan fingerprint density at radius 1 is 0.732 bits per heavy atom. The van der Waals surface area contributed by atoms with Gasteiger partial charge < -0.3 is 9.97 Å². The summed E-state index contributed by atoms with van der Waals surface area (Å²) in [6, 6.07) is 29.8. The minimum Gasteiger partial charge on any atom is -0.657 e. The maximum absolute atomic E-state index is 5.08. The quantitative estimate of drug-likeness (QED) is 0.135. The minimum absolute atomic E-state index is 0. The maximum Gasteiger partial charge on any atom is 2.00 e. The topological polar surface area (TPSA) is 54.0 Å². The van der Waals surface area contributed by atoms with Crippen LogP contribution in [-0.2, 0) is 31.3 Å². The average molecular weight is 696 g/mol. The number of aryl methyl sites for hydroxylation is 1. The molecule has 8 bridgehead atoms. The molecule has 0 N–H and O–H groups in total. The second kappa shape index (κ2) is 10.8. The Hall–Kier alpha value is -3.35. The van der Waals surface area contributed by atoms with Gasteiger partial charge >= 0.3 is 19.5 Å². The second-order valence-electron chi connectivity index (χ2n) is 11.2. The van der Waals surface area contributed by atoms with Gasteiger partial charge in [0.2, 0.25) is 0 Å². The van der Waals surface area contributed by atoms with E-state index in [1.54, 1.807) is 0 Å². The number of nitrogens with zero attached hydrogens (tertiary/aromatic N) is 4. The fourth-order valence-corrected chi connectivity index (χ4v) is 5.85. The Morgan fingerprint density at radius 2 is 1.46 bits per heavy atom. The fourth-order valence-electron chi connectivity index (χ4n) is 5.49. The molecule has 196 valence electrons. The summed E-state index contributed by atoms with van der Waals surface area (Å²) in [6.45, 7) is 6.60. The molecule has 0 aliphatic carbocycles. The van der Waals surface area contributed by atoms with Crippen molar-refractivity contribution in [2.45, 2.75) is 32.6 Å². The van der Waals surface area contributed by atoms with Gasteiger partial charge in [-0.3, -0.25) is 4.98 Å². The van der Waals surface area contributed by atoms with Gasteiger partial charge in [-0.1, -0.05) is 92.2 Å².